The van der Waals surface area contributed by atoms with Gasteiger partial charge < -0.3 is 10.2 Å². The molecule has 8 heteroatoms. The molecule has 184 valence electrons. The molecule has 2 heterocycles. The van der Waals surface area contributed by atoms with Crippen molar-refractivity contribution in [3.05, 3.63) is 127 Å². The minimum atomic E-state index is -0.812. The number of benzene rings is 3. The lowest BCUT2D eigenvalue weighted by atomic mass is 9.71. The van der Waals surface area contributed by atoms with Crippen LogP contribution in [0.5, 0.6) is 0 Å². The zero-order chi connectivity index (χ0) is 25.8. The van der Waals surface area contributed by atoms with Crippen LogP contribution in [0.3, 0.4) is 0 Å². The molecule has 1 saturated heterocycles. The van der Waals surface area contributed by atoms with Crippen molar-refractivity contribution in [1.82, 2.24) is 10.2 Å². The number of ketones is 3. The largest absolute Gasteiger partial charge is 0.371 e. The topological polar surface area (TPSA) is 66.5 Å². The number of nitrogens with one attached hydrogen (secondary N) is 1. The Balaban J connectivity index is 1.64. The second-order valence-corrected chi connectivity index (χ2v) is 10.4. The summed E-state index contributed by atoms with van der Waals surface area (Å²) in [5, 5.41) is 4.48. The van der Waals surface area contributed by atoms with Gasteiger partial charge in [-0.3, -0.25) is 14.4 Å². The van der Waals surface area contributed by atoms with E-state index in [0.29, 0.717) is 56.9 Å². The lowest BCUT2D eigenvalue weighted by Crippen LogP contribution is -2.48. The quantitative estimate of drug-likeness (QED) is 0.380. The molecule has 1 aliphatic carbocycles. The predicted octanol–water partition coefficient (Wildman–Crippen LogP) is 6.47. The van der Waals surface area contributed by atoms with E-state index in [0.717, 1.165) is 6.42 Å². The number of carbonyl (C=O) groups is 3. The monoisotopic (exact) mass is 548 g/mol. The summed E-state index contributed by atoms with van der Waals surface area (Å²) in [5.41, 5.74) is 2.57. The smallest absolute Gasteiger partial charge is 0.210 e. The second-order valence-electron chi connectivity index (χ2n) is 9.10. The molecule has 0 saturated carbocycles. The second kappa shape index (κ2) is 9.18. The first-order valence-electron chi connectivity index (χ1n) is 11.8. The van der Waals surface area contributed by atoms with Gasteiger partial charge in [-0.1, -0.05) is 71.2 Å². The zero-order valence-corrected chi connectivity index (χ0v) is 21.6. The Morgan fingerprint density at radius 1 is 0.865 bits per heavy atom. The standard InChI is InChI=1S/C29H19Cl3N2O3/c30-16-8-6-15(7-9-16)22-23-25(28(37)19-5-2-1-4-18(19)26(23)35)34-13-3-12-33-29(34)24(22)27(36)20-11-10-17(31)14-21(20)32/h1-2,4-11,14,22,33H,3,12-13H2. The summed E-state index contributed by atoms with van der Waals surface area (Å²) in [5.74, 6) is -1.15. The third-order valence-electron chi connectivity index (χ3n) is 6.98. The maximum Gasteiger partial charge on any atom is 0.210 e. The van der Waals surface area contributed by atoms with Crippen molar-refractivity contribution in [2.24, 2.45) is 0 Å². The van der Waals surface area contributed by atoms with Crippen molar-refractivity contribution in [3.8, 4) is 0 Å². The molecule has 3 aliphatic rings. The number of rotatable bonds is 3. The van der Waals surface area contributed by atoms with Crippen LogP contribution in [0, 0.1) is 0 Å². The van der Waals surface area contributed by atoms with E-state index in [1.807, 2.05) is 0 Å². The molecule has 0 radical (unpaired) electrons. The Morgan fingerprint density at radius 3 is 2.24 bits per heavy atom. The van der Waals surface area contributed by atoms with Gasteiger partial charge in [0.1, 0.15) is 5.82 Å². The van der Waals surface area contributed by atoms with Crippen LogP contribution in [-0.4, -0.2) is 35.3 Å². The van der Waals surface area contributed by atoms with E-state index in [1.54, 1.807) is 65.6 Å². The fourth-order valence-electron chi connectivity index (χ4n) is 5.36. The van der Waals surface area contributed by atoms with E-state index in [1.165, 1.54) is 6.07 Å². The average Bonchev–Trinajstić information content (AvgIpc) is 2.90. The molecule has 37 heavy (non-hydrogen) atoms. The minimum Gasteiger partial charge on any atom is -0.371 e. The molecule has 1 atom stereocenters. The molecule has 0 spiro atoms. The maximum atomic E-state index is 14.2. The SMILES string of the molecule is O=C(C1=C2NCCCN2C2=C(C(=O)c3ccccc3C2=O)C1c1ccc(Cl)cc1)c1ccc(Cl)cc1Cl. The Bertz CT molecular complexity index is 1570. The van der Waals surface area contributed by atoms with Crippen molar-refractivity contribution in [1.29, 1.82) is 0 Å². The minimum absolute atomic E-state index is 0.207. The number of Topliss-reactive ketones (excluding diaryl/α,β-unsaturated/α-hetero) is 3. The van der Waals surface area contributed by atoms with Gasteiger partial charge >= 0.3 is 0 Å². The van der Waals surface area contributed by atoms with E-state index < -0.39 is 5.92 Å². The normalized spacial score (nSPS) is 18.8. The van der Waals surface area contributed by atoms with Crippen LogP contribution in [-0.2, 0) is 0 Å². The van der Waals surface area contributed by atoms with Crippen LogP contribution in [0.25, 0.3) is 0 Å². The summed E-state index contributed by atoms with van der Waals surface area (Å²) >= 11 is 18.8. The van der Waals surface area contributed by atoms with Crippen LogP contribution in [0.2, 0.25) is 15.1 Å². The Labute approximate surface area is 228 Å². The van der Waals surface area contributed by atoms with E-state index in [2.05, 4.69) is 5.32 Å². The van der Waals surface area contributed by atoms with Crippen molar-refractivity contribution in [3.63, 3.8) is 0 Å². The Morgan fingerprint density at radius 2 is 1.54 bits per heavy atom. The van der Waals surface area contributed by atoms with Gasteiger partial charge in [-0.05, 0) is 42.3 Å². The number of fused-ring (bicyclic) bond motifs is 3. The number of hydrogen-bond acceptors (Lipinski definition) is 5. The van der Waals surface area contributed by atoms with Gasteiger partial charge in [-0.25, -0.2) is 0 Å². The van der Waals surface area contributed by atoms with Crippen LogP contribution in [0.1, 0.15) is 49.0 Å². The molecule has 1 unspecified atom stereocenters. The van der Waals surface area contributed by atoms with Crippen LogP contribution in [0.4, 0.5) is 0 Å². The Kier molecular flexibility index (Phi) is 5.95. The van der Waals surface area contributed by atoms with E-state index in [4.69, 9.17) is 34.8 Å². The predicted molar refractivity (Wildman–Crippen MR) is 143 cm³/mol. The number of nitrogens with zero attached hydrogens (tertiary/aromatic N) is 1. The van der Waals surface area contributed by atoms with Gasteiger partial charge in [-0.2, -0.15) is 0 Å². The van der Waals surface area contributed by atoms with Crippen molar-refractivity contribution in [2.45, 2.75) is 12.3 Å². The van der Waals surface area contributed by atoms with E-state index >= 15 is 0 Å². The molecule has 1 N–H and O–H groups in total. The fourth-order valence-corrected chi connectivity index (χ4v) is 5.98. The van der Waals surface area contributed by atoms with Gasteiger partial charge in [0.2, 0.25) is 5.78 Å². The fraction of sp³-hybridized carbons (Fsp3) is 0.138. The maximum absolute atomic E-state index is 14.2. The first-order chi connectivity index (χ1) is 17.9. The van der Waals surface area contributed by atoms with Gasteiger partial charge in [0, 0.05) is 51.3 Å². The van der Waals surface area contributed by atoms with Crippen LogP contribution in [0.15, 0.2) is 89.4 Å². The highest BCUT2D eigenvalue weighted by atomic mass is 35.5. The van der Waals surface area contributed by atoms with Crippen molar-refractivity contribution in [2.75, 3.05) is 13.1 Å². The summed E-state index contributed by atoms with van der Waals surface area (Å²) in [4.78, 5) is 44.0. The molecule has 3 aromatic carbocycles. The summed E-state index contributed by atoms with van der Waals surface area (Å²) < 4.78 is 0. The highest BCUT2D eigenvalue weighted by Crippen LogP contribution is 2.48. The molecule has 3 aromatic rings. The zero-order valence-electron chi connectivity index (χ0n) is 19.4. The van der Waals surface area contributed by atoms with Gasteiger partial charge in [0.15, 0.2) is 11.6 Å². The number of hydrogen-bond donors (Lipinski definition) is 1. The van der Waals surface area contributed by atoms with Crippen LogP contribution >= 0.6 is 34.8 Å². The number of carbonyl (C=O) groups excluding carboxylic acids is 3. The number of allylic oxidation sites excluding steroid dienone is 3. The van der Waals surface area contributed by atoms with Crippen molar-refractivity contribution < 1.29 is 14.4 Å². The highest BCUT2D eigenvalue weighted by molar-refractivity contribution is 6.38. The highest BCUT2D eigenvalue weighted by Gasteiger charge is 2.47. The summed E-state index contributed by atoms with van der Waals surface area (Å²) in [6, 6.07) is 18.5. The molecular formula is C29H19Cl3N2O3. The van der Waals surface area contributed by atoms with E-state index in [-0.39, 0.29) is 33.5 Å². The molecular weight excluding hydrogens is 531 g/mol. The van der Waals surface area contributed by atoms with Gasteiger partial charge in [-0.15, -0.1) is 0 Å². The molecule has 0 aromatic heterocycles. The third-order valence-corrected chi connectivity index (χ3v) is 7.78. The summed E-state index contributed by atoms with van der Waals surface area (Å²) in [6.07, 6.45) is 0.734. The first kappa shape index (κ1) is 24.0. The molecule has 5 nitrogen and oxygen atoms in total. The average molecular weight is 550 g/mol. The third kappa shape index (κ3) is 3.81. The molecule has 0 bridgehead atoms. The van der Waals surface area contributed by atoms with Gasteiger partial charge in [0.05, 0.1) is 16.3 Å². The molecule has 6 rings (SSSR count). The first-order valence-corrected chi connectivity index (χ1v) is 12.9. The molecule has 2 aliphatic heterocycles. The molecule has 1 fully saturated rings. The van der Waals surface area contributed by atoms with Gasteiger partial charge in [0.25, 0.3) is 0 Å². The Hall–Kier alpha value is -3.38. The van der Waals surface area contributed by atoms with E-state index in [9.17, 15) is 14.4 Å². The summed E-state index contributed by atoms with van der Waals surface area (Å²) in [7, 11) is 0. The number of halogens is 3. The molecule has 0 amide bonds. The lowest BCUT2D eigenvalue weighted by Gasteiger charge is -2.44. The van der Waals surface area contributed by atoms with Crippen molar-refractivity contribution >= 4 is 52.2 Å². The summed E-state index contributed by atoms with van der Waals surface area (Å²) in [6.45, 7) is 1.10. The lowest BCUT2D eigenvalue weighted by molar-refractivity contribution is 0.0923. The van der Waals surface area contributed by atoms with Crippen LogP contribution < -0.4 is 5.32 Å².